The summed E-state index contributed by atoms with van der Waals surface area (Å²) in [5.74, 6) is 1.15. The average molecular weight is 391 g/mol. The minimum Gasteiger partial charge on any atom is -0.357 e. The van der Waals surface area contributed by atoms with Crippen LogP contribution in [-0.4, -0.2) is 47.0 Å². The lowest BCUT2D eigenvalue weighted by Crippen LogP contribution is -2.35. The van der Waals surface area contributed by atoms with E-state index in [1.54, 1.807) is 0 Å². The van der Waals surface area contributed by atoms with Gasteiger partial charge in [0.1, 0.15) is 0 Å². The Balaban J connectivity index is 1.51. The summed E-state index contributed by atoms with van der Waals surface area (Å²) < 4.78 is 0. The molecule has 5 heterocycles. The number of hydrogen-bond acceptors (Lipinski definition) is 3. The Hall–Kier alpha value is -2.40. The van der Waals surface area contributed by atoms with Crippen molar-refractivity contribution in [3.8, 4) is 11.3 Å². The number of pyridine rings is 1. The van der Waals surface area contributed by atoms with Gasteiger partial charge in [-0.2, -0.15) is 0 Å². The second-order valence-corrected chi connectivity index (χ2v) is 8.81. The first-order valence-electron chi connectivity index (χ1n) is 11.1. The van der Waals surface area contributed by atoms with Crippen molar-refractivity contribution < 1.29 is 4.79 Å². The first-order chi connectivity index (χ1) is 14.3. The van der Waals surface area contributed by atoms with Gasteiger partial charge in [-0.25, -0.2) is 0 Å². The molecular weight excluding hydrogens is 360 g/mol. The number of aryl methyl sites for hydroxylation is 1. The maximum absolute atomic E-state index is 12.5. The van der Waals surface area contributed by atoms with Crippen LogP contribution in [0.25, 0.3) is 11.3 Å². The van der Waals surface area contributed by atoms with Crippen LogP contribution >= 0.6 is 0 Å². The molecule has 4 bridgehead atoms. The zero-order chi connectivity index (χ0) is 19.6. The van der Waals surface area contributed by atoms with E-state index in [1.165, 1.54) is 43.5 Å². The molecule has 5 heteroatoms. The topological polar surface area (TPSA) is 61.0 Å². The number of amides is 1. The third-order valence-electron chi connectivity index (χ3n) is 6.84. The summed E-state index contributed by atoms with van der Waals surface area (Å²) in [5, 5.41) is 3.08. The molecule has 1 saturated heterocycles. The van der Waals surface area contributed by atoms with Crippen molar-refractivity contribution in [2.24, 2.45) is 5.92 Å². The average Bonchev–Trinajstić information content (AvgIpc) is 3.20. The summed E-state index contributed by atoms with van der Waals surface area (Å²) in [6.07, 6.45) is 15.5. The highest BCUT2D eigenvalue weighted by Crippen LogP contribution is 2.33. The third-order valence-corrected chi connectivity index (χ3v) is 6.84. The standard InChI is InChI=1S/C24H30N4O/c29-24-21-13-22-20-9-10-25-14-18(20)8-7-17-5-4-12-28(16-17)11-3-1-2-6-19(15-26-24)23(21)27-22/h1,3,9-10,13-14,17,19,27H,2,4-8,11-12,15-16H2,(H,26,29). The highest BCUT2D eigenvalue weighted by Gasteiger charge is 2.28. The first kappa shape index (κ1) is 18.6. The van der Waals surface area contributed by atoms with Crippen molar-refractivity contribution in [1.82, 2.24) is 20.2 Å². The molecule has 1 fully saturated rings. The first-order valence-corrected chi connectivity index (χ1v) is 11.1. The number of aromatic nitrogens is 2. The van der Waals surface area contributed by atoms with Crippen molar-refractivity contribution in [1.29, 1.82) is 0 Å². The van der Waals surface area contributed by atoms with Gasteiger partial charge in [-0.3, -0.25) is 14.7 Å². The number of aromatic amines is 1. The second kappa shape index (κ2) is 8.15. The van der Waals surface area contributed by atoms with Crippen LogP contribution in [0.5, 0.6) is 0 Å². The van der Waals surface area contributed by atoms with Crippen molar-refractivity contribution >= 4 is 5.91 Å². The normalized spacial score (nSPS) is 27.2. The van der Waals surface area contributed by atoms with Gasteiger partial charge in [-0.05, 0) is 68.7 Å². The molecule has 29 heavy (non-hydrogen) atoms. The minimum atomic E-state index is 0.0458. The molecule has 0 spiro atoms. The summed E-state index contributed by atoms with van der Waals surface area (Å²) in [7, 11) is 0. The molecule has 152 valence electrons. The van der Waals surface area contributed by atoms with Gasteiger partial charge in [-0.1, -0.05) is 12.2 Å². The lowest BCUT2D eigenvalue weighted by molar-refractivity contribution is 0.0939. The number of piperidine rings is 1. The largest absolute Gasteiger partial charge is 0.357 e. The van der Waals surface area contributed by atoms with Crippen molar-refractivity contribution in [2.75, 3.05) is 26.2 Å². The Morgan fingerprint density at radius 3 is 3.07 bits per heavy atom. The summed E-state index contributed by atoms with van der Waals surface area (Å²) in [6, 6.07) is 4.14. The summed E-state index contributed by atoms with van der Waals surface area (Å²) in [5.41, 5.74) is 5.46. The number of carbonyl (C=O) groups excluding carboxylic acids is 1. The fourth-order valence-corrected chi connectivity index (χ4v) is 5.23. The zero-order valence-electron chi connectivity index (χ0n) is 17.0. The molecule has 5 rings (SSSR count). The van der Waals surface area contributed by atoms with Gasteiger partial charge >= 0.3 is 0 Å². The van der Waals surface area contributed by atoms with Gasteiger partial charge < -0.3 is 10.3 Å². The van der Waals surface area contributed by atoms with Crippen molar-refractivity contribution in [2.45, 2.75) is 44.4 Å². The van der Waals surface area contributed by atoms with Gasteiger partial charge in [0.05, 0.1) is 5.56 Å². The fourth-order valence-electron chi connectivity index (χ4n) is 5.23. The van der Waals surface area contributed by atoms with E-state index in [0.29, 0.717) is 5.92 Å². The van der Waals surface area contributed by atoms with Gasteiger partial charge in [0.2, 0.25) is 0 Å². The van der Waals surface area contributed by atoms with E-state index in [1.807, 2.05) is 18.5 Å². The van der Waals surface area contributed by atoms with Gasteiger partial charge in [0.15, 0.2) is 0 Å². The zero-order valence-corrected chi connectivity index (χ0v) is 17.0. The molecule has 3 aliphatic rings. The number of fused-ring (bicyclic) bond motifs is 5. The highest BCUT2D eigenvalue weighted by molar-refractivity contribution is 5.98. The van der Waals surface area contributed by atoms with Crippen LogP contribution in [-0.2, 0) is 6.42 Å². The van der Waals surface area contributed by atoms with E-state index in [0.717, 1.165) is 55.2 Å². The monoisotopic (exact) mass is 390 g/mol. The molecule has 2 N–H and O–H groups in total. The van der Waals surface area contributed by atoms with E-state index in [4.69, 9.17) is 0 Å². The van der Waals surface area contributed by atoms with Crippen LogP contribution in [0.15, 0.2) is 36.7 Å². The summed E-state index contributed by atoms with van der Waals surface area (Å²) in [4.78, 5) is 23.1. The Morgan fingerprint density at radius 1 is 1.14 bits per heavy atom. The predicted molar refractivity (Wildman–Crippen MR) is 115 cm³/mol. The molecule has 3 atom stereocenters. The Morgan fingerprint density at radius 2 is 2.10 bits per heavy atom. The highest BCUT2D eigenvalue weighted by atomic mass is 16.1. The number of nitrogens with zero attached hydrogens (tertiary/aromatic N) is 2. The number of nitrogens with one attached hydrogen (secondary N) is 2. The molecule has 0 aromatic carbocycles. The number of carbonyl (C=O) groups is 1. The molecule has 3 unspecified atom stereocenters. The van der Waals surface area contributed by atoms with E-state index in [2.05, 4.69) is 38.4 Å². The molecule has 1 amide bonds. The Labute approximate surface area is 172 Å². The maximum Gasteiger partial charge on any atom is 0.253 e. The van der Waals surface area contributed by atoms with Crippen LogP contribution in [0.1, 0.15) is 59.6 Å². The van der Waals surface area contributed by atoms with Crippen molar-refractivity contribution in [3.63, 3.8) is 0 Å². The fraction of sp³-hybridized carbons (Fsp3) is 0.500. The molecule has 2 aromatic rings. The van der Waals surface area contributed by atoms with E-state index in [9.17, 15) is 4.79 Å². The maximum atomic E-state index is 12.5. The number of allylic oxidation sites excluding steroid dienone is 1. The smallest absolute Gasteiger partial charge is 0.253 e. The third kappa shape index (κ3) is 3.88. The van der Waals surface area contributed by atoms with Gasteiger partial charge in [0, 0.05) is 54.9 Å². The van der Waals surface area contributed by atoms with E-state index < -0.39 is 0 Å². The molecule has 0 radical (unpaired) electrons. The molecule has 0 saturated carbocycles. The van der Waals surface area contributed by atoms with Crippen LogP contribution < -0.4 is 5.32 Å². The predicted octanol–water partition coefficient (Wildman–Crippen LogP) is 3.90. The Kier molecular flexibility index (Phi) is 5.23. The van der Waals surface area contributed by atoms with Gasteiger partial charge in [0.25, 0.3) is 5.91 Å². The number of rotatable bonds is 0. The molecule has 2 aromatic heterocycles. The van der Waals surface area contributed by atoms with Crippen LogP contribution in [0, 0.1) is 5.92 Å². The van der Waals surface area contributed by atoms with Crippen LogP contribution in [0.3, 0.4) is 0 Å². The lowest BCUT2D eigenvalue weighted by Gasteiger charge is -2.32. The molecule has 5 nitrogen and oxygen atoms in total. The second-order valence-electron chi connectivity index (χ2n) is 8.81. The quantitative estimate of drug-likeness (QED) is 0.671. The minimum absolute atomic E-state index is 0.0458. The van der Waals surface area contributed by atoms with E-state index in [-0.39, 0.29) is 5.91 Å². The van der Waals surface area contributed by atoms with Gasteiger partial charge in [-0.15, -0.1) is 0 Å². The molecule has 0 aliphatic carbocycles. The van der Waals surface area contributed by atoms with Crippen LogP contribution in [0.2, 0.25) is 0 Å². The van der Waals surface area contributed by atoms with E-state index >= 15 is 0 Å². The summed E-state index contributed by atoms with van der Waals surface area (Å²) in [6.45, 7) is 4.21. The van der Waals surface area contributed by atoms with Crippen molar-refractivity contribution in [3.05, 3.63) is 53.5 Å². The lowest BCUT2D eigenvalue weighted by atomic mass is 9.90. The SMILES string of the molecule is O=C1NCC2CCC=CCN3CCCC(CCc4cnccc4-c4cc1c2[nH]4)C3. The molecular formula is C24H30N4O. The molecule has 3 aliphatic heterocycles. The summed E-state index contributed by atoms with van der Waals surface area (Å²) >= 11 is 0. The Bertz CT molecular complexity index is 915. The number of hydrogen-bond donors (Lipinski definition) is 2. The van der Waals surface area contributed by atoms with Crippen LogP contribution in [0.4, 0.5) is 0 Å². The number of H-pyrrole nitrogens is 1.